The molecule has 1 unspecified atom stereocenters. The first-order valence-corrected chi connectivity index (χ1v) is 24.6. The molecule has 1 spiro atoms. The summed E-state index contributed by atoms with van der Waals surface area (Å²) in [6.07, 6.45) is 9.82. The molecular weight excluding hydrogens is 754 g/mol. The zero-order valence-electron chi connectivity index (χ0n) is 32.9. The van der Waals surface area contributed by atoms with Gasteiger partial charge in [0, 0.05) is 86.2 Å². The van der Waals surface area contributed by atoms with Gasteiger partial charge in [-0.2, -0.15) is 4.31 Å². The van der Waals surface area contributed by atoms with Crippen LogP contribution in [0.25, 0.3) is 0 Å². The average Bonchev–Trinajstić information content (AvgIpc) is 3.28. The van der Waals surface area contributed by atoms with Crippen LogP contribution >= 0.6 is 11.6 Å². The molecule has 0 radical (unpaired) electrons. The number of fused-ring (bicyclic) bond motifs is 5. The zero-order chi connectivity index (χ0) is 38.7. The summed E-state index contributed by atoms with van der Waals surface area (Å²) >= 11 is 6.52. The Morgan fingerprint density at radius 3 is 2.60 bits per heavy atom. The van der Waals surface area contributed by atoms with Crippen molar-refractivity contribution >= 4 is 48.8 Å². The lowest BCUT2D eigenvalue weighted by Crippen LogP contribution is -2.63. The average molecular weight is 815 g/mol. The summed E-state index contributed by atoms with van der Waals surface area (Å²) in [5.41, 5.74) is 3.81. The monoisotopic (exact) mass is 813 g/mol. The fourth-order valence-electron chi connectivity index (χ4n) is 10.8. The molecule has 2 aliphatic carbocycles. The number of ether oxygens (including phenoxy) is 1. The molecule has 1 amide bonds. The Kier molecular flexibility index (Phi) is 11.1. The number of nitrogens with zero attached hydrogens (tertiary/aromatic N) is 4. The van der Waals surface area contributed by atoms with Crippen LogP contribution in [-0.4, -0.2) is 122 Å². The molecule has 10 nitrogen and oxygen atoms in total. The van der Waals surface area contributed by atoms with E-state index in [2.05, 4.69) is 44.3 Å². The molecule has 8 rings (SSSR count). The minimum absolute atomic E-state index is 0.129. The van der Waals surface area contributed by atoms with Gasteiger partial charge in [0.25, 0.3) is 5.91 Å². The highest BCUT2D eigenvalue weighted by Crippen LogP contribution is 2.48. The second-order valence-electron chi connectivity index (χ2n) is 17.9. The number of amides is 1. The second-order valence-corrected chi connectivity index (χ2v) is 22.7. The molecule has 13 heteroatoms. The third-order valence-electron chi connectivity index (χ3n) is 14.4. The van der Waals surface area contributed by atoms with Crippen molar-refractivity contribution in [2.75, 3.05) is 76.7 Å². The smallest absolute Gasteiger partial charge is 0.262 e. The van der Waals surface area contributed by atoms with E-state index in [0.29, 0.717) is 43.0 Å². The maximum absolute atomic E-state index is 14.1. The molecular formula is C42H60ClN5O5S2. The van der Waals surface area contributed by atoms with E-state index >= 15 is 0 Å². The van der Waals surface area contributed by atoms with Crippen molar-refractivity contribution in [2.24, 2.45) is 23.7 Å². The van der Waals surface area contributed by atoms with Crippen LogP contribution in [0.3, 0.4) is 0 Å². The first-order valence-electron chi connectivity index (χ1n) is 20.6. The number of nitrogens with one attached hydrogen (secondary N) is 1. The number of anilines is 1. The molecule has 2 saturated heterocycles. The number of aryl methyl sites for hydroxylation is 1. The number of hydrogen-bond donors (Lipinski definition) is 1. The molecule has 6 aliphatic rings. The SMILES string of the molecule is C=S1(=O)NC(=O)c2ccc3c(c2)N(C[C@@H]2CC[C@H]2[C@H](CN2CCN4CCN(S(C)(=O)=O)C[C@@H]4C2)CCC[C@H](C)[C@H]1C)C[C@@]1(CCCc2cc(Cl)ccc21)CO3. The Labute approximate surface area is 334 Å². The minimum Gasteiger partial charge on any atom is -0.490 e. The lowest BCUT2D eigenvalue weighted by Gasteiger charge is -2.50. The van der Waals surface area contributed by atoms with Gasteiger partial charge in [0.2, 0.25) is 10.0 Å². The van der Waals surface area contributed by atoms with Gasteiger partial charge in [-0.1, -0.05) is 31.0 Å². The van der Waals surface area contributed by atoms with E-state index in [9.17, 15) is 17.4 Å². The molecule has 2 aromatic carbocycles. The van der Waals surface area contributed by atoms with Crippen LogP contribution in [0.5, 0.6) is 5.75 Å². The number of halogens is 1. The summed E-state index contributed by atoms with van der Waals surface area (Å²) in [5, 5.41) is 0.484. The van der Waals surface area contributed by atoms with Crippen LogP contribution in [0.2, 0.25) is 5.02 Å². The van der Waals surface area contributed by atoms with Crippen molar-refractivity contribution in [3.05, 3.63) is 58.1 Å². The molecule has 8 atom stereocenters. The van der Waals surface area contributed by atoms with E-state index < -0.39 is 19.7 Å². The zero-order valence-corrected chi connectivity index (χ0v) is 35.3. The number of sulfonamides is 1. The molecule has 4 heterocycles. The lowest BCUT2D eigenvalue weighted by molar-refractivity contribution is 0.00865. The summed E-state index contributed by atoms with van der Waals surface area (Å²) < 4.78 is 50.3. The first-order chi connectivity index (χ1) is 26.2. The van der Waals surface area contributed by atoms with Gasteiger partial charge in [0.05, 0.1) is 28.3 Å². The van der Waals surface area contributed by atoms with E-state index in [1.165, 1.54) is 30.2 Å². The lowest BCUT2D eigenvalue weighted by atomic mass is 9.65. The highest BCUT2D eigenvalue weighted by molar-refractivity contribution is 7.99. The third kappa shape index (κ3) is 8.06. The Hall–Kier alpha value is -2.35. The summed E-state index contributed by atoms with van der Waals surface area (Å²) in [4.78, 5) is 21.4. The first kappa shape index (κ1) is 39.5. The molecule has 2 bridgehead atoms. The van der Waals surface area contributed by atoms with Crippen molar-refractivity contribution in [3.63, 3.8) is 0 Å². The number of carbonyl (C=O) groups excluding carboxylic acids is 1. The van der Waals surface area contributed by atoms with Crippen LogP contribution in [-0.2, 0) is 31.6 Å². The van der Waals surface area contributed by atoms with Crippen molar-refractivity contribution in [1.82, 2.24) is 18.8 Å². The number of benzene rings is 2. The maximum Gasteiger partial charge on any atom is 0.262 e. The minimum atomic E-state index is -3.22. The number of piperazine rings is 2. The van der Waals surface area contributed by atoms with Crippen molar-refractivity contribution in [1.29, 1.82) is 0 Å². The van der Waals surface area contributed by atoms with Gasteiger partial charge < -0.3 is 14.5 Å². The number of hydrogen-bond acceptors (Lipinski definition) is 8. The fraction of sp³-hybridized carbons (Fsp3) is 0.667. The van der Waals surface area contributed by atoms with E-state index in [1.807, 2.05) is 25.1 Å². The van der Waals surface area contributed by atoms with Crippen LogP contribution < -0.4 is 14.4 Å². The fourth-order valence-corrected chi connectivity index (χ4v) is 13.4. The van der Waals surface area contributed by atoms with E-state index in [-0.39, 0.29) is 28.5 Å². The molecule has 3 fully saturated rings. The van der Waals surface area contributed by atoms with E-state index in [1.54, 1.807) is 10.4 Å². The van der Waals surface area contributed by atoms with Crippen LogP contribution in [0.1, 0.15) is 80.3 Å². The largest absolute Gasteiger partial charge is 0.490 e. The summed E-state index contributed by atoms with van der Waals surface area (Å²) in [5.74, 6) is 6.20. The van der Waals surface area contributed by atoms with E-state index in [4.69, 9.17) is 16.3 Å². The van der Waals surface area contributed by atoms with Crippen LogP contribution in [0.15, 0.2) is 36.4 Å². The quantitative estimate of drug-likeness (QED) is 0.418. The summed E-state index contributed by atoms with van der Waals surface area (Å²) in [6.45, 7) is 12.2. The van der Waals surface area contributed by atoms with Gasteiger partial charge in [0.1, 0.15) is 5.75 Å². The number of carbonyl (C=O) groups is 1. The van der Waals surface area contributed by atoms with Crippen LogP contribution in [0.4, 0.5) is 5.69 Å². The highest BCUT2D eigenvalue weighted by Gasteiger charge is 2.45. The van der Waals surface area contributed by atoms with Crippen LogP contribution in [0, 0.1) is 23.7 Å². The molecule has 0 aromatic heterocycles. The Morgan fingerprint density at radius 1 is 1.00 bits per heavy atom. The van der Waals surface area contributed by atoms with Crippen molar-refractivity contribution in [2.45, 2.75) is 81.9 Å². The van der Waals surface area contributed by atoms with Gasteiger partial charge in [0.15, 0.2) is 0 Å². The molecule has 1 N–H and O–H groups in total. The Bertz CT molecular complexity index is 2000. The van der Waals surface area contributed by atoms with E-state index in [0.717, 1.165) is 101 Å². The van der Waals surface area contributed by atoms with Crippen molar-refractivity contribution < 1.29 is 22.2 Å². The van der Waals surface area contributed by atoms with Crippen molar-refractivity contribution in [3.8, 4) is 5.75 Å². The van der Waals surface area contributed by atoms with Gasteiger partial charge >= 0.3 is 0 Å². The Balaban J connectivity index is 1.12. The topological polar surface area (TPSA) is 103 Å². The maximum atomic E-state index is 14.1. The van der Waals surface area contributed by atoms with Gasteiger partial charge in [-0.3, -0.25) is 14.4 Å². The summed E-state index contributed by atoms with van der Waals surface area (Å²) in [7, 11) is -6.14. The predicted molar refractivity (Wildman–Crippen MR) is 223 cm³/mol. The summed E-state index contributed by atoms with van der Waals surface area (Å²) in [6, 6.07) is 12.3. The molecule has 4 aliphatic heterocycles. The van der Waals surface area contributed by atoms with Gasteiger partial charge in [-0.25, -0.2) is 12.6 Å². The molecule has 302 valence electrons. The van der Waals surface area contributed by atoms with Gasteiger partial charge in [-0.05, 0) is 123 Å². The normalized spacial score (nSPS) is 35.3. The standard InChI is InChI=1S/C42H60ClN5O5S2/c1-29-7-5-8-33(23-45-17-18-46-19-20-48(55(4,51)52)26-36(46)25-45)37-13-10-34(37)24-47-27-42(16-6-9-31-21-35(43)12-14-38(31)42)28-53-40-15-11-32(22-39(40)47)41(49)44-54(3,50)30(29)2/h11-12,14-15,21-22,29-30,33-34,36-37H,3,5-10,13,16-20,23-28H2,1-2,4H3,(H,44,49,50)/t29-,30+,33-,34-,36-,37-,42-,54?/m0/s1. The highest BCUT2D eigenvalue weighted by atomic mass is 35.5. The molecule has 1 saturated carbocycles. The Morgan fingerprint density at radius 2 is 1.82 bits per heavy atom. The number of rotatable bonds is 3. The molecule has 2 aromatic rings. The predicted octanol–water partition coefficient (Wildman–Crippen LogP) is 5.29. The molecule has 55 heavy (non-hydrogen) atoms. The second kappa shape index (κ2) is 15.4. The third-order valence-corrected chi connectivity index (χ3v) is 18.1. The van der Waals surface area contributed by atoms with Gasteiger partial charge in [-0.15, -0.1) is 0 Å².